The maximum Gasteiger partial charge on any atom is 0.219 e. The van der Waals surface area contributed by atoms with Crippen LogP contribution >= 0.6 is 0 Å². The lowest BCUT2D eigenvalue weighted by atomic mass is 10.2. The smallest absolute Gasteiger partial charge is 0.219 e. The number of ether oxygens (including phenoxy) is 2. The van der Waals surface area contributed by atoms with E-state index in [9.17, 15) is 4.79 Å². The molecule has 1 amide bonds. The Kier molecular flexibility index (Phi) is 6.51. The number of rotatable bonds is 7. The monoisotopic (exact) mass is 387 g/mol. The summed E-state index contributed by atoms with van der Waals surface area (Å²) in [6.07, 6.45) is 1.44. The van der Waals surface area contributed by atoms with E-state index in [1.165, 1.54) is 6.33 Å². The molecule has 152 valence electrons. The van der Waals surface area contributed by atoms with Crippen molar-refractivity contribution in [3.05, 3.63) is 35.4 Å². The lowest BCUT2D eigenvalue weighted by Crippen LogP contribution is -2.48. The van der Waals surface area contributed by atoms with Gasteiger partial charge in [0.05, 0.1) is 19.3 Å². The van der Waals surface area contributed by atoms with Crippen molar-refractivity contribution in [1.29, 1.82) is 0 Å². The number of anilines is 1. The zero-order valence-electron chi connectivity index (χ0n) is 17.1. The van der Waals surface area contributed by atoms with E-state index in [4.69, 9.17) is 9.47 Å². The summed E-state index contributed by atoms with van der Waals surface area (Å²) in [4.78, 5) is 28.0. The number of aryl methyl sites for hydroxylation is 2. The number of aromatic nitrogens is 3. The van der Waals surface area contributed by atoms with E-state index < -0.39 is 0 Å². The summed E-state index contributed by atoms with van der Waals surface area (Å²) in [5, 5.41) is 0. The Morgan fingerprint density at radius 2 is 2.21 bits per heavy atom. The molecule has 8 nitrogen and oxygen atoms in total. The molecule has 1 N–H and O–H groups in total. The van der Waals surface area contributed by atoms with Crippen LogP contribution in [0, 0.1) is 13.8 Å². The highest BCUT2D eigenvalue weighted by Crippen LogP contribution is 2.20. The number of nitrogens with one attached hydrogen (secondary N) is 1. The van der Waals surface area contributed by atoms with Gasteiger partial charge in [0.25, 0.3) is 0 Å². The van der Waals surface area contributed by atoms with Gasteiger partial charge in [0.15, 0.2) is 0 Å². The first-order chi connectivity index (χ1) is 13.5. The van der Waals surface area contributed by atoms with Crippen LogP contribution in [0.15, 0.2) is 18.5 Å². The van der Waals surface area contributed by atoms with Gasteiger partial charge < -0.3 is 24.3 Å². The van der Waals surface area contributed by atoms with Crippen molar-refractivity contribution < 1.29 is 14.3 Å². The van der Waals surface area contributed by atoms with Gasteiger partial charge in [0, 0.05) is 50.6 Å². The summed E-state index contributed by atoms with van der Waals surface area (Å²) in [5.41, 5.74) is 3.34. The summed E-state index contributed by atoms with van der Waals surface area (Å²) in [7, 11) is 0. The van der Waals surface area contributed by atoms with Crippen LogP contribution in [0.5, 0.6) is 5.88 Å². The molecule has 28 heavy (non-hydrogen) atoms. The van der Waals surface area contributed by atoms with Crippen molar-refractivity contribution in [3.63, 3.8) is 0 Å². The summed E-state index contributed by atoms with van der Waals surface area (Å²) in [6.45, 7) is 11.3. The molecule has 3 rings (SSSR count). The summed E-state index contributed by atoms with van der Waals surface area (Å²) in [6, 6.07) is 3.94. The number of hydrogen-bond donors (Lipinski definition) is 1. The fourth-order valence-corrected chi connectivity index (χ4v) is 3.47. The van der Waals surface area contributed by atoms with Gasteiger partial charge in [0.2, 0.25) is 11.8 Å². The maximum absolute atomic E-state index is 12.2. The number of hydrogen-bond acceptors (Lipinski definition) is 6. The molecule has 8 heteroatoms. The van der Waals surface area contributed by atoms with Crippen LogP contribution in [0.3, 0.4) is 0 Å². The Morgan fingerprint density at radius 1 is 1.39 bits per heavy atom. The van der Waals surface area contributed by atoms with Gasteiger partial charge in [-0.2, -0.15) is 0 Å². The van der Waals surface area contributed by atoms with E-state index in [1.807, 2.05) is 31.7 Å². The third-order valence-electron chi connectivity index (χ3n) is 4.87. The molecule has 1 fully saturated rings. The van der Waals surface area contributed by atoms with Gasteiger partial charge in [0.1, 0.15) is 12.1 Å². The number of carbonyl (C=O) groups is 1. The van der Waals surface area contributed by atoms with Gasteiger partial charge in [-0.1, -0.05) is 0 Å². The molecular weight excluding hydrogens is 358 g/mol. The summed E-state index contributed by atoms with van der Waals surface area (Å²) < 4.78 is 11.4. The second kappa shape index (κ2) is 9.05. The summed E-state index contributed by atoms with van der Waals surface area (Å²) >= 11 is 0. The quantitative estimate of drug-likeness (QED) is 0.783. The van der Waals surface area contributed by atoms with Crippen LogP contribution in [0.4, 0.5) is 5.82 Å². The molecule has 1 aliphatic rings. The highest BCUT2D eigenvalue weighted by atomic mass is 16.5. The average molecular weight is 387 g/mol. The Hall–Kier alpha value is -2.61. The van der Waals surface area contributed by atoms with E-state index in [0.29, 0.717) is 38.7 Å². The molecule has 2 aromatic rings. The predicted molar refractivity (Wildman–Crippen MR) is 107 cm³/mol. The second-order valence-corrected chi connectivity index (χ2v) is 7.09. The molecule has 0 saturated carbocycles. The fourth-order valence-electron chi connectivity index (χ4n) is 3.47. The van der Waals surface area contributed by atoms with Crippen LogP contribution < -0.4 is 9.64 Å². The first-order valence-corrected chi connectivity index (χ1v) is 9.68. The molecule has 0 radical (unpaired) electrons. The number of morpholine rings is 1. The minimum absolute atomic E-state index is 0.0413. The SMILES string of the molecule is CCOc1cc(N2CCOC(CN(Cc3cc(C)[nH]c3C)C(C)=O)C2)ncn1. The van der Waals surface area contributed by atoms with E-state index in [2.05, 4.69) is 25.9 Å². The molecule has 1 saturated heterocycles. The highest BCUT2D eigenvalue weighted by molar-refractivity contribution is 5.73. The van der Waals surface area contributed by atoms with Crippen molar-refractivity contribution in [1.82, 2.24) is 19.9 Å². The number of aromatic amines is 1. The molecule has 0 spiro atoms. The topological polar surface area (TPSA) is 83.6 Å². The molecule has 2 aromatic heterocycles. The van der Waals surface area contributed by atoms with Crippen LogP contribution in [0.25, 0.3) is 0 Å². The van der Waals surface area contributed by atoms with Crippen molar-refractivity contribution in [3.8, 4) is 5.88 Å². The van der Waals surface area contributed by atoms with Crippen molar-refractivity contribution >= 4 is 11.7 Å². The first-order valence-electron chi connectivity index (χ1n) is 9.68. The van der Waals surface area contributed by atoms with Crippen LogP contribution in [0.1, 0.15) is 30.8 Å². The third-order valence-corrected chi connectivity index (χ3v) is 4.87. The van der Waals surface area contributed by atoms with Crippen molar-refractivity contribution in [2.45, 2.75) is 40.3 Å². The van der Waals surface area contributed by atoms with Gasteiger partial charge in [-0.15, -0.1) is 0 Å². The Balaban J connectivity index is 1.66. The predicted octanol–water partition coefficient (Wildman–Crippen LogP) is 2.07. The number of amides is 1. The minimum Gasteiger partial charge on any atom is -0.478 e. The number of carbonyl (C=O) groups excluding carboxylic acids is 1. The molecule has 1 atom stereocenters. The van der Waals surface area contributed by atoms with Crippen molar-refractivity contribution in [2.75, 3.05) is 37.7 Å². The maximum atomic E-state index is 12.2. The number of nitrogens with zero attached hydrogens (tertiary/aromatic N) is 4. The molecule has 1 aliphatic heterocycles. The lowest BCUT2D eigenvalue weighted by molar-refractivity contribution is -0.131. The van der Waals surface area contributed by atoms with Gasteiger partial charge in [-0.25, -0.2) is 9.97 Å². The largest absolute Gasteiger partial charge is 0.478 e. The standard InChI is InChI=1S/C20H29N5O3/c1-5-27-20-9-19(21-13-22-20)24-6-7-28-18(11-24)12-25(16(4)26)10-17-8-14(2)23-15(17)3/h8-9,13,18,23H,5-7,10-12H2,1-4H3. The van der Waals surface area contributed by atoms with Gasteiger partial charge in [-0.3, -0.25) is 4.79 Å². The lowest BCUT2D eigenvalue weighted by Gasteiger charge is -2.36. The zero-order chi connectivity index (χ0) is 20.1. The third kappa shape index (κ3) is 5.01. The fraction of sp³-hybridized carbons (Fsp3) is 0.550. The van der Waals surface area contributed by atoms with Gasteiger partial charge >= 0.3 is 0 Å². The van der Waals surface area contributed by atoms with Crippen LogP contribution in [0.2, 0.25) is 0 Å². The zero-order valence-corrected chi connectivity index (χ0v) is 17.1. The molecule has 3 heterocycles. The van der Waals surface area contributed by atoms with E-state index in [-0.39, 0.29) is 12.0 Å². The van der Waals surface area contributed by atoms with E-state index in [1.54, 1.807) is 6.92 Å². The highest BCUT2D eigenvalue weighted by Gasteiger charge is 2.25. The normalized spacial score (nSPS) is 16.9. The van der Waals surface area contributed by atoms with Crippen LogP contribution in [-0.2, 0) is 16.1 Å². The average Bonchev–Trinajstić information content (AvgIpc) is 2.99. The van der Waals surface area contributed by atoms with Gasteiger partial charge in [-0.05, 0) is 32.4 Å². The second-order valence-electron chi connectivity index (χ2n) is 7.09. The molecule has 0 bridgehead atoms. The molecule has 1 unspecified atom stereocenters. The van der Waals surface area contributed by atoms with E-state index in [0.717, 1.165) is 29.3 Å². The summed E-state index contributed by atoms with van der Waals surface area (Å²) in [5.74, 6) is 1.43. The molecule has 0 aromatic carbocycles. The first kappa shape index (κ1) is 20.1. The van der Waals surface area contributed by atoms with E-state index >= 15 is 0 Å². The number of H-pyrrole nitrogens is 1. The Labute approximate surface area is 165 Å². The Morgan fingerprint density at radius 3 is 2.89 bits per heavy atom. The Bertz CT molecular complexity index is 807. The molecule has 0 aliphatic carbocycles. The van der Waals surface area contributed by atoms with Crippen LogP contribution in [-0.4, -0.2) is 64.7 Å². The molecular formula is C20H29N5O3. The minimum atomic E-state index is -0.0801. The van der Waals surface area contributed by atoms with Crippen molar-refractivity contribution in [2.24, 2.45) is 0 Å².